The highest BCUT2D eigenvalue weighted by molar-refractivity contribution is 6.02. The molecule has 7 nitrogen and oxygen atoms in total. The van der Waals surface area contributed by atoms with Crippen LogP contribution in [0, 0.1) is 10.8 Å². The molecule has 0 saturated heterocycles. The molecule has 3 rings (SSSR count). The number of fused-ring (bicyclic) bond motifs is 1. The zero-order valence-electron chi connectivity index (χ0n) is 18.6. The van der Waals surface area contributed by atoms with E-state index in [1.165, 1.54) is 14.2 Å². The van der Waals surface area contributed by atoms with Crippen LogP contribution in [0.1, 0.15) is 45.6 Å². The van der Waals surface area contributed by atoms with Crippen molar-refractivity contribution in [3.05, 3.63) is 52.8 Å². The summed E-state index contributed by atoms with van der Waals surface area (Å²) in [7, 11) is 2.50. The first-order valence-electron chi connectivity index (χ1n) is 10.2. The summed E-state index contributed by atoms with van der Waals surface area (Å²) >= 11 is 0. The number of carbonyl (C=O) groups excluding carboxylic acids is 3. The molecule has 0 radical (unpaired) electrons. The maximum absolute atomic E-state index is 12.8. The van der Waals surface area contributed by atoms with Crippen LogP contribution < -0.4 is 0 Å². The highest BCUT2D eigenvalue weighted by Crippen LogP contribution is 2.60. The molecule has 0 bridgehead atoms. The first-order chi connectivity index (χ1) is 14.7. The number of esters is 3. The topological polar surface area (TPSA) is 88.1 Å². The van der Waals surface area contributed by atoms with Crippen molar-refractivity contribution in [2.24, 2.45) is 10.8 Å². The summed E-state index contributed by atoms with van der Waals surface area (Å²) in [6.07, 6.45) is 0.472. The third kappa shape index (κ3) is 3.84. The van der Waals surface area contributed by atoms with Crippen molar-refractivity contribution in [1.82, 2.24) is 0 Å². The molecular formula is C24H28O7. The molecular weight excluding hydrogens is 400 g/mol. The third-order valence-corrected chi connectivity index (χ3v) is 6.13. The largest absolute Gasteiger partial charge is 0.468 e. The molecule has 1 atom stereocenters. The Morgan fingerprint density at radius 2 is 1.65 bits per heavy atom. The number of benzene rings is 1. The van der Waals surface area contributed by atoms with Crippen molar-refractivity contribution in [3.63, 3.8) is 0 Å². The van der Waals surface area contributed by atoms with E-state index < -0.39 is 28.7 Å². The Morgan fingerprint density at radius 1 is 1.03 bits per heavy atom. The van der Waals surface area contributed by atoms with Crippen molar-refractivity contribution in [1.29, 1.82) is 0 Å². The zero-order chi connectivity index (χ0) is 22.8. The highest BCUT2D eigenvalue weighted by atomic mass is 16.5. The average molecular weight is 428 g/mol. The molecule has 1 heterocycles. The van der Waals surface area contributed by atoms with Crippen LogP contribution in [0.25, 0.3) is 5.76 Å². The predicted molar refractivity (Wildman–Crippen MR) is 112 cm³/mol. The Bertz CT molecular complexity index is 941. The number of rotatable bonds is 5. The van der Waals surface area contributed by atoms with Gasteiger partial charge in [-0.25, -0.2) is 4.79 Å². The minimum Gasteiger partial charge on any atom is -0.468 e. The van der Waals surface area contributed by atoms with Crippen LogP contribution in [0.5, 0.6) is 0 Å². The van der Waals surface area contributed by atoms with E-state index in [2.05, 4.69) is 0 Å². The summed E-state index contributed by atoms with van der Waals surface area (Å²) in [4.78, 5) is 38.4. The lowest BCUT2D eigenvalue weighted by Gasteiger charge is -2.28. The molecule has 0 N–H and O–H groups in total. The standard InChI is InChI=1S/C24H28O7/c1-6-30-20(25)17-12-23(3)14-24(21(26)28-4,22(27)29-5)13-18(23)19(31-15(17)2)16-10-8-7-9-11-16/h7-11H,6,12-14H2,1-5H3/t23-/m0/s1. The first kappa shape index (κ1) is 22.6. The van der Waals surface area contributed by atoms with E-state index in [4.69, 9.17) is 18.9 Å². The number of ether oxygens (including phenoxy) is 4. The van der Waals surface area contributed by atoms with Crippen LogP contribution in [0.3, 0.4) is 0 Å². The smallest absolute Gasteiger partial charge is 0.337 e. The minimum atomic E-state index is -1.51. The second-order valence-electron chi connectivity index (χ2n) is 8.19. The lowest BCUT2D eigenvalue weighted by Crippen LogP contribution is -2.40. The van der Waals surface area contributed by atoms with E-state index in [1.54, 1.807) is 13.8 Å². The van der Waals surface area contributed by atoms with E-state index in [-0.39, 0.29) is 25.9 Å². The summed E-state index contributed by atoms with van der Waals surface area (Å²) in [5, 5.41) is 0. The normalized spacial score (nSPS) is 22.2. The fourth-order valence-corrected chi connectivity index (χ4v) is 4.68. The van der Waals surface area contributed by atoms with Crippen LogP contribution in [-0.2, 0) is 33.3 Å². The maximum Gasteiger partial charge on any atom is 0.337 e. The second kappa shape index (κ2) is 8.57. The molecule has 1 aliphatic carbocycles. The van der Waals surface area contributed by atoms with E-state index in [1.807, 2.05) is 37.3 Å². The Kier molecular flexibility index (Phi) is 6.25. The molecule has 166 valence electrons. The number of allylic oxidation sites excluding steroid dienone is 2. The number of methoxy groups -OCH3 is 2. The van der Waals surface area contributed by atoms with Gasteiger partial charge in [-0.1, -0.05) is 37.3 Å². The monoisotopic (exact) mass is 428 g/mol. The molecule has 0 unspecified atom stereocenters. The van der Waals surface area contributed by atoms with Gasteiger partial charge in [0.05, 0.1) is 26.4 Å². The summed E-state index contributed by atoms with van der Waals surface area (Å²) in [6, 6.07) is 9.42. The van der Waals surface area contributed by atoms with Crippen LogP contribution >= 0.6 is 0 Å². The molecule has 0 aromatic heterocycles. The van der Waals surface area contributed by atoms with E-state index in [0.29, 0.717) is 17.1 Å². The van der Waals surface area contributed by atoms with E-state index >= 15 is 0 Å². The van der Waals surface area contributed by atoms with Crippen molar-refractivity contribution < 1.29 is 33.3 Å². The summed E-state index contributed by atoms with van der Waals surface area (Å²) in [6.45, 7) is 5.63. The van der Waals surface area contributed by atoms with Crippen molar-refractivity contribution >= 4 is 23.7 Å². The summed E-state index contributed by atoms with van der Waals surface area (Å²) in [5.74, 6) is -0.806. The van der Waals surface area contributed by atoms with Crippen LogP contribution in [0.4, 0.5) is 0 Å². The van der Waals surface area contributed by atoms with Crippen molar-refractivity contribution in [3.8, 4) is 0 Å². The molecule has 1 aromatic carbocycles. The fraction of sp³-hybridized carbons (Fsp3) is 0.458. The average Bonchev–Trinajstić information content (AvgIpc) is 3.04. The maximum atomic E-state index is 12.8. The lowest BCUT2D eigenvalue weighted by atomic mass is 9.75. The van der Waals surface area contributed by atoms with Gasteiger partial charge < -0.3 is 18.9 Å². The van der Waals surface area contributed by atoms with Crippen molar-refractivity contribution in [2.75, 3.05) is 20.8 Å². The lowest BCUT2D eigenvalue weighted by molar-refractivity contribution is -0.169. The zero-order valence-corrected chi connectivity index (χ0v) is 18.6. The second-order valence-corrected chi connectivity index (χ2v) is 8.19. The number of carbonyl (C=O) groups is 3. The van der Waals surface area contributed by atoms with Gasteiger partial charge in [0.1, 0.15) is 11.5 Å². The molecule has 0 amide bonds. The summed E-state index contributed by atoms with van der Waals surface area (Å²) in [5.41, 5.74) is -0.291. The van der Waals surface area contributed by atoms with Gasteiger partial charge in [-0.05, 0) is 44.1 Å². The van der Waals surface area contributed by atoms with Gasteiger partial charge in [-0.15, -0.1) is 0 Å². The van der Waals surface area contributed by atoms with Gasteiger partial charge in [0, 0.05) is 5.56 Å². The van der Waals surface area contributed by atoms with Gasteiger partial charge in [-0.2, -0.15) is 0 Å². The van der Waals surface area contributed by atoms with Gasteiger partial charge in [0.2, 0.25) is 0 Å². The molecule has 0 spiro atoms. The van der Waals surface area contributed by atoms with Gasteiger partial charge in [0.25, 0.3) is 0 Å². The Morgan fingerprint density at radius 3 is 2.19 bits per heavy atom. The van der Waals surface area contributed by atoms with Crippen molar-refractivity contribution in [2.45, 2.75) is 40.0 Å². The molecule has 1 aromatic rings. The summed E-state index contributed by atoms with van der Waals surface area (Å²) < 4.78 is 21.5. The SMILES string of the molecule is CCOC(=O)C1=C(C)OC(c2ccccc2)=C2CC(C(=O)OC)(C(=O)OC)C[C@]2(C)C1. The van der Waals surface area contributed by atoms with Crippen LogP contribution in [-0.4, -0.2) is 38.7 Å². The third-order valence-electron chi connectivity index (χ3n) is 6.13. The van der Waals surface area contributed by atoms with Gasteiger partial charge >= 0.3 is 17.9 Å². The quantitative estimate of drug-likeness (QED) is 0.400. The van der Waals surface area contributed by atoms with Gasteiger partial charge in [0.15, 0.2) is 5.41 Å². The molecule has 7 heteroatoms. The first-order valence-corrected chi connectivity index (χ1v) is 10.2. The molecule has 1 fully saturated rings. The predicted octanol–water partition coefficient (Wildman–Crippen LogP) is 3.79. The highest BCUT2D eigenvalue weighted by Gasteiger charge is 2.61. The van der Waals surface area contributed by atoms with Gasteiger partial charge in [-0.3, -0.25) is 9.59 Å². The Labute approximate surface area is 182 Å². The number of hydrogen-bond acceptors (Lipinski definition) is 7. The molecule has 1 aliphatic heterocycles. The number of hydrogen-bond donors (Lipinski definition) is 0. The Balaban J connectivity index is 2.23. The van der Waals surface area contributed by atoms with E-state index in [0.717, 1.165) is 11.1 Å². The Hall–Kier alpha value is -3.09. The fourth-order valence-electron chi connectivity index (χ4n) is 4.68. The van der Waals surface area contributed by atoms with Crippen LogP contribution in [0.15, 0.2) is 47.2 Å². The molecule has 31 heavy (non-hydrogen) atoms. The van der Waals surface area contributed by atoms with Crippen LogP contribution in [0.2, 0.25) is 0 Å². The minimum absolute atomic E-state index is 0.0798. The molecule has 1 saturated carbocycles. The molecule has 2 aliphatic rings. The van der Waals surface area contributed by atoms with E-state index in [9.17, 15) is 14.4 Å².